The van der Waals surface area contributed by atoms with Gasteiger partial charge in [-0.2, -0.15) is 4.98 Å². The van der Waals surface area contributed by atoms with Crippen molar-refractivity contribution in [3.05, 3.63) is 28.2 Å². The topological polar surface area (TPSA) is 97.2 Å². The van der Waals surface area contributed by atoms with Crippen molar-refractivity contribution in [3.8, 4) is 0 Å². The summed E-state index contributed by atoms with van der Waals surface area (Å²) in [5.41, 5.74) is 1.43. The Balaban J connectivity index is 1.62. The van der Waals surface area contributed by atoms with Crippen molar-refractivity contribution in [2.24, 2.45) is 5.92 Å². The normalized spacial score (nSPS) is 24.2. The van der Waals surface area contributed by atoms with Gasteiger partial charge in [-0.15, -0.1) is 0 Å². The van der Waals surface area contributed by atoms with Gasteiger partial charge in [0.25, 0.3) is 5.56 Å². The van der Waals surface area contributed by atoms with Gasteiger partial charge < -0.3 is 5.32 Å². The first-order chi connectivity index (χ1) is 13.7. The Morgan fingerprint density at radius 1 is 1.17 bits per heavy atom. The fraction of sp³-hybridized carbons (Fsp3) is 0.650. The van der Waals surface area contributed by atoms with E-state index in [9.17, 15) is 13.2 Å². The van der Waals surface area contributed by atoms with Crippen LogP contribution in [0, 0.1) is 12.8 Å². The third kappa shape index (κ3) is 4.02. The lowest BCUT2D eigenvalue weighted by atomic mass is 10.1. The highest BCUT2D eigenvalue weighted by molar-refractivity contribution is 7.88. The number of sulfonamides is 1. The molecule has 2 atom stereocenters. The minimum atomic E-state index is -3.14. The Morgan fingerprint density at radius 2 is 1.90 bits per heavy atom. The first kappa shape index (κ1) is 20.3. The third-order valence-electron chi connectivity index (χ3n) is 6.36. The third-order valence-corrected chi connectivity index (χ3v) is 7.66. The van der Waals surface area contributed by atoms with Gasteiger partial charge in [-0.25, -0.2) is 17.7 Å². The molecule has 8 nitrogen and oxygen atoms in total. The average Bonchev–Trinajstić information content (AvgIpc) is 3.08. The van der Waals surface area contributed by atoms with Crippen LogP contribution in [0.15, 0.2) is 17.1 Å². The molecule has 9 heteroatoms. The van der Waals surface area contributed by atoms with Crippen LogP contribution >= 0.6 is 0 Å². The zero-order valence-electron chi connectivity index (χ0n) is 17.3. The van der Waals surface area contributed by atoms with Crippen molar-refractivity contribution >= 4 is 27.0 Å². The highest BCUT2D eigenvalue weighted by Gasteiger charge is 2.29. The van der Waals surface area contributed by atoms with Crippen LogP contribution in [-0.4, -0.2) is 52.6 Å². The SMILES string of the molecule is Cc1cc2cnc(NC3CCN(S(C)(=O)=O)CC3)nc2n([C@@H]2CCC[C@@H]2C)c1=O. The minimum Gasteiger partial charge on any atom is -0.351 e. The van der Waals surface area contributed by atoms with E-state index in [1.54, 1.807) is 6.20 Å². The molecule has 0 bridgehead atoms. The molecule has 1 aliphatic heterocycles. The van der Waals surface area contributed by atoms with Gasteiger partial charge in [0.2, 0.25) is 16.0 Å². The lowest BCUT2D eigenvalue weighted by molar-refractivity contribution is 0.331. The molecule has 0 amide bonds. The Kier molecular flexibility index (Phi) is 5.37. The summed E-state index contributed by atoms with van der Waals surface area (Å²) in [6, 6.07) is 2.15. The summed E-state index contributed by atoms with van der Waals surface area (Å²) >= 11 is 0. The molecule has 0 unspecified atom stereocenters. The number of piperidine rings is 1. The molecule has 4 rings (SSSR count). The number of nitrogens with one attached hydrogen (secondary N) is 1. The van der Waals surface area contributed by atoms with E-state index < -0.39 is 10.0 Å². The predicted molar refractivity (Wildman–Crippen MR) is 114 cm³/mol. The van der Waals surface area contributed by atoms with E-state index in [0.717, 1.165) is 24.6 Å². The van der Waals surface area contributed by atoms with Gasteiger partial charge in [0.1, 0.15) is 5.65 Å². The van der Waals surface area contributed by atoms with Crippen molar-refractivity contribution in [1.82, 2.24) is 18.8 Å². The number of nitrogens with zero attached hydrogens (tertiary/aromatic N) is 4. The monoisotopic (exact) mass is 419 g/mol. The minimum absolute atomic E-state index is 0.0300. The smallest absolute Gasteiger partial charge is 0.255 e. The second-order valence-corrected chi connectivity index (χ2v) is 10.5. The maximum atomic E-state index is 13.0. The highest BCUT2D eigenvalue weighted by Crippen LogP contribution is 2.36. The molecule has 158 valence electrons. The second kappa shape index (κ2) is 7.68. The number of hydrogen-bond donors (Lipinski definition) is 1. The van der Waals surface area contributed by atoms with Gasteiger partial charge >= 0.3 is 0 Å². The number of anilines is 1. The lowest BCUT2D eigenvalue weighted by Crippen LogP contribution is -2.42. The molecule has 2 aliphatic rings. The van der Waals surface area contributed by atoms with E-state index in [4.69, 9.17) is 4.98 Å². The van der Waals surface area contributed by atoms with E-state index in [2.05, 4.69) is 17.2 Å². The van der Waals surface area contributed by atoms with Crippen LogP contribution in [0.25, 0.3) is 11.0 Å². The molecule has 1 saturated heterocycles. The van der Waals surface area contributed by atoms with Gasteiger partial charge in [-0.05, 0) is 44.6 Å². The van der Waals surface area contributed by atoms with Crippen molar-refractivity contribution < 1.29 is 8.42 Å². The van der Waals surface area contributed by atoms with Gasteiger partial charge in [0.05, 0.1) is 6.26 Å². The number of hydrogen-bond acceptors (Lipinski definition) is 6. The van der Waals surface area contributed by atoms with Crippen molar-refractivity contribution in [1.29, 1.82) is 0 Å². The van der Waals surface area contributed by atoms with Crippen molar-refractivity contribution in [3.63, 3.8) is 0 Å². The Morgan fingerprint density at radius 3 is 2.52 bits per heavy atom. The molecule has 2 aromatic heterocycles. The van der Waals surface area contributed by atoms with Crippen LogP contribution in [0.1, 0.15) is 50.6 Å². The number of pyridine rings is 1. The second-order valence-electron chi connectivity index (χ2n) is 8.53. The van der Waals surface area contributed by atoms with Crippen molar-refractivity contribution in [2.75, 3.05) is 24.7 Å². The van der Waals surface area contributed by atoms with Crippen molar-refractivity contribution in [2.45, 2.75) is 58.0 Å². The molecule has 0 spiro atoms. The number of fused-ring (bicyclic) bond motifs is 1. The van der Waals surface area contributed by atoms with Crippen LogP contribution in [0.3, 0.4) is 0 Å². The van der Waals surface area contributed by atoms with Crippen LogP contribution in [-0.2, 0) is 10.0 Å². The first-order valence-corrected chi connectivity index (χ1v) is 12.2. The maximum Gasteiger partial charge on any atom is 0.255 e. The molecule has 2 fully saturated rings. The van der Waals surface area contributed by atoms with E-state index >= 15 is 0 Å². The van der Waals surface area contributed by atoms with Gasteiger partial charge in [0.15, 0.2) is 0 Å². The van der Waals surface area contributed by atoms with E-state index in [1.807, 2.05) is 17.6 Å². The summed E-state index contributed by atoms with van der Waals surface area (Å²) in [5, 5.41) is 4.22. The molecule has 0 radical (unpaired) electrons. The van der Waals surface area contributed by atoms with Gasteiger partial charge in [-0.1, -0.05) is 13.3 Å². The van der Waals surface area contributed by atoms with E-state index in [-0.39, 0.29) is 17.6 Å². The van der Waals surface area contributed by atoms with Crippen LogP contribution < -0.4 is 10.9 Å². The fourth-order valence-electron chi connectivity index (χ4n) is 4.66. The number of aromatic nitrogens is 3. The summed E-state index contributed by atoms with van der Waals surface area (Å²) in [4.78, 5) is 22.2. The fourth-order valence-corrected chi connectivity index (χ4v) is 5.53. The average molecular weight is 420 g/mol. The highest BCUT2D eigenvalue weighted by atomic mass is 32.2. The van der Waals surface area contributed by atoms with Crippen LogP contribution in [0.4, 0.5) is 5.95 Å². The quantitative estimate of drug-likeness (QED) is 0.817. The Labute approximate surface area is 171 Å². The Hall–Kier alpha value is -2.00. The zero-order valence-corrected chi connectivity index (χ0v) is 18.1. The number of aryl methyl sites for hydroxylation is 1. The van der Waals surface area contributed by atoms with Gasteiger partial charge in [0, 0.05) is 42.3 Å². The van der Waals surface area contributed by atoms with Crippen LogP contribution in [0.2, 0.25) is 0 Å². The summed E-state index contributed by atoms with van der Waals surface area (Å²) < 4.78 is 26.8. The zero-order chi connectivity index (χ0) is 20.8. The molecule has 1 saturated carbocycles. The summed E-state index contributed by atoms with van der Waals surface area (Å²) in [6.07, 6.45) is 7.68. The van der Waals surface area contributed by atoms with E-state index in [1.165, 1.54) is 10.6 Å². The number of rotatable bonds is 4. The van der Waals surface area contributed by atoms with E-state index in [0.29, 0.717) is 49.0 Å². The largest absolute Gasteiger partial charge is 0.351 e. The molecule has 2 aromatic rings. The Bertz CT molecular complexity index is 1070. The lowest BCUT2D eigenvalue weighted by Gasteiger charge is -2.30. The molecule has 0 aromatic carbocycles. The molecular weight excluding hydrogens is 390 g/mol. The molecule has 3 heterocycles. The molecular formula is C20H29N5O3S. The summed E-state index contributed by atoms with van der Waals surface area (Å²) in [5.74, 6) is 0.947. The summed E-state index contributed by atoms with van der Waals surface area (Å²) in [7, 11) is -3.14. The predicted octanol–water partition coefficient (Wildman–Crippen LogP) is 2.30. The standard InChI is InChI=1S/C20H29N5O3S/c1-13-5-4-6-17(13)25-18-15(11-14(2)19(25)26)12-21-20(23-18)22-16-7-9-24(10-8-16)29(3,27)28/h11-13,16-17H,4-10H2,1-3H3,(H,21,22,23)/t13-,17+/m0/s1. The van der Waals surface area contributed by atoms with Gasteiger partial charge in [-0.3, -0.25) is 9.36 Å². The van der Waals surface area contributed by atoms with Crippen LogP contribution in [0.5, 0.6) is 0 Å². The summed E-state index contributed by atoms with van der Waals surface area (Å²) in [6.45, 7) is 5.04. The molecule has 29 heavy (non-hydrogen) atoms. The first-order valence-electron chi connectivity index (χ1n) is 10.3. The molecule has 1 aliphatic carbocycles. The molecule has 1 N–H and O–H groups in total. The maximum absolute atomic E-state index is 13.0.